The maximum atomic E-state index is 13.8. The van der Waals surface area contributed by atoms with Gasteiger partial charge in [-0.2, -0.15) is 13.2 Å². The first-order valence-electron chi connectivity index (χ1n) is 11.4. The number of rotatable bonds is 6. The Kier molecular flexibility index (Phi) is 7.64. The Morgan fingerprint density at radius 3 is 2.56 bits per heavy atom. The number of halogens is 4. The fourth-order valence-electron chi connectivity index (χ4n) is 4.47. The van der Waals surface area contributed by atoms with Crippen LogP contribution in [-0.2, 0) is 12.0 Å². The molecule has 1 aliphatic carbocycles. The van der Waals surface area contributed by atoms with Crippen LogP contribution < -0.4 is 10.6 Å². The van der Waals surface area contributed by atoms with Gasteiger partial charge in [0.1, 0.15) is 0 Å². The highest BCUT2D eigenvalue weighted by Crippen LogP contribution is 2.43. The van der Waals surface area contributed by atoms with Crippen LogP contribution in [0.15, 0.2) is 101 Å². The number of carbonyl (C=O) groups excluding carboxylic acids is 1. The summed E-state index contributed by atoms with van der Waals surface area (Å²) < 4.78 is 42.1. The first-order chi connectivity index (χ1) is 17.2. The lowest BCUT2D eigenvalue weighted by Gasteiger charge is -2.41. The highest BCUT2D eigenvalue weighted by molar-refractivity contribution is 9.10. The lowest BCUT2D eigenvalue weighted by atomic mass is 9.71. The zero-order valence-corrected chi connectivity index (χ0v) is 21.1. The lowest BCUT2D eigenvalue weighted by molar-refractivity contribution is -0.0959. The van der Waals surface area contributed by atoms with Crippen molar-refractivity contribution in [2.45, 2.75) is 31.5 Å². The fraction of sp³-hybridized carbons (Fsp3) is 0.214. The first kappa shape index (κ1) is 25.7. The largest absolute Gasteiger partial charge is 0.412 e. The van der Waals surface area contributed by atoms with Crippen molar-refractivity contribution in [2.24, 2.45) is 5.92 Å². The summed E-state index contributed by atoms with van der Waals surface area (Å²) in [5.41, 5.74) is 0.883. The maximum absolute atomic E-state index is 13.8. The van der Waals surface area contributed by atoms with Gasteiger partial charge in [-0.15, -0.1) is 0 Å². The van der Waals surface area contributed by atoms with E-state index in [1.807, 2.05) is 55.5 Å². The van der Waals surface area contributed by atoms with Crippen molar-refractivity contribution >= 4 is 27.6 Å². The molecule has 186 valence electrons. The summed E-state index contributed by atoms with van der Waals surface area (Å²) in [6.07, 6.45) is 1.33. The number of aryl methyl sites for hydroxylation is 1. The number of pyridine rings is 1. The molecule has 0 saturated carbocycles. The molecule has 0 spiro atoms. The number of hydrogen-bond acceptors (Lipinski definition) is 2. The zero-order valence-electron chi connectivity index (χ0n) is 19.5. The molecule has 8 heteroatoms. The molecule has 36 heavy (non-hydrogen) atoms. The Hall–Kier alpha value is -3.39. The quantitative estimate of drug-likeness (QED) is 0.331. The first-order valence-corrected chi connectivity index (χ1v) is 12.2. The number of hydrogen-bond donors (Lipinski definition) is 2. The van der Waals surface area contributed by atoms with Crippen LogP contribution in [0.5, 0.6) is 0 Å². The number of nitrogens with zero attached hydrogens (tertiary/aromatic N) is 1. The van der Waals surface area contributed by atoms with Crippen molar-refractivity contribution in [3.63, 3.8) is 0 Å². The number of aromatic nitrogens is 1. The predicted octanol–water partition coefficient (Wildman–Crippen LogP) is 7.48. The second-order valence-electron chi connectivity index (χ2n) is 8.83. The molecule has 1 heterocycles. The average molecular weight is 556 g/mol. The van der Waals surface area contributed by atoms with Crippen LogP contribution in [0.4, 0.5) is 23.7 Å². The van der Waals surface area contributed by atoms with Crippen LogP contribution in [0.1, 0.15) is 23.2 Å². The molecule has 2 amide bonds. The highest BCUT2D eigenvalue weighted by Gasteiger charge is 2.46. The summed E-state index contributed by atoms with van der Waals surface area (Å²) in [7, 11) is 0. The summed E-state index contributed by atoms with van der Waals surface area (Å²) in [5.74, 6) is -0.707. The van der Waals surface area contributed by atoms with E-state index in [2.05, 4.69) is 31.5 Å². The summed E-state index contributed by atoms with van der Waals surface area (Å²) in [6, 6.07) is 19.6. The number of amides is 2. The Morgan fingerprint density at radius 1 is 1.08 bits per heavy atom. The van der Waals surface area contributed by atoms with Crippen LogP contribution in [0.3, 0.4) is 0 Å². The molecule has 0 bridgehead atoms. The zero-order chi connectivity index (χ0) is 25.8. The van der Waals surface area contributed by atoms with E-state index >= 15 is 0 Å². The Balaban J connectivity index is 1.80. The number of allylic oxidation sites excluding steroid dienone is 3. The van der Waals surface area contributed by atoms with Gasteiger partial charge >= 0.3 is 12.2 Å². The lowest BCUT2D eigenvalue weighted by Crippen LogP contribution is -2.54. The Labute approximate surface area is 216 Å². The van der Waals surface area contributed by atoms with E-state index < -0.39 is 29.2 Å². The minimum atomic E-state index is -4.47. The SMILES string of the molecule is Cc1ccnc(C(Cc2ccccc2)(NC(=O)Nc2cccc(Br)c2)C2C=CC=C(C(F)(F)F)C2)c1. The molecule has 0 fully saturated rings. The summed E-state index contributed by atoms with van der Waals surface area (Å²) >= 11 is 3.39. The van der Waals surface area contributed by atoms with Crippen molar-refractivity contribution in [3.05, 3.63) is 118 Å². The van der Waals surface area contributed by atoms with E-state index in [4.69, 9.17) is 0 Å². The Bertz CT molecular complexity index is 1290. The minimum absolute atomic E-state index is 0.246. The second kappa shape index (κ2) is 10.7. The van der Waals surface area contributed by atoms with Gasteiger partial charge < -0.3 is 10.6 Å². The van der Waals surface area contributed by atoms with Crippen LogP contribution in [0.25, 0.3) is 0 Å². The van der Waals surface area contributed by atoms with Gasteiger partial charge in [0.25, 0.3) is 0 Å². The molecular weight excluding hydrogens is 531 g/mol. The average Bonchev–Trinajstić information content (AvgIpc) is 2.84. The molecule has 2 N–H and O–H groups in total. The third-order valence-electron chi connectivity index (χ3n) is 6.20. The van der Waals surface area contributed by atoms with Gasteiger partial charge in [-0.05, 0) is 54.8 Å². The van der Waals surface area contributed by atoms with Gasteiger partial charge in [0, 0.05) is 34.3 Å². The minimum Gasteiger partial charge on any atom is -0.326 e. The molecule has 1 aromatic heterocycles. The molecule has 0 aliphatic heterocycles. The van der Waals surface area contributed by atoms with Crippen LogP contribution >= 0.6 is 15.9 Å². The third kappa shape index (κ3) is 6.05. The number of benzene rings is 2. The van der Waals surface area contributed by atoms with E-state index in [1.54, 1.807) is 30.5 Å². The molecule has 0 radical (unpaired) electrons. The van der Waals surface area contributed by atoms with E-state index in [-0.39, 0.29) is 12.8 Å². The van der Waals surface area contributed by atoms with Crippen molar-refractivity contribution in [1.29, 1.82) is 0 Å². The van der Waals surface area contributed by atoms with E-state index in [0.29, 0.717) is 11.4 Å². The summed E-state index contributed by atoms with van der Waals surface area (Å²) in [4.78, 5) is 17.9. The second-order valence-corrected chi connectivity index (χ2v) is 9.74. The maximum Gasteiger partial charge on any atom is 0.412 e. The number of carbonyl (C=O) groups is 1. The monoisotopic (exact) mass is 555 g/mol. The van der Waals surface area contributed by atoms with Crippen LogP contribution in [-0.4, -0.2) is 17.2 Å². The van der Waals surface area contributed by atoms with Gasteiger partial charge in [-0.1, -0.05) is 70.6 Å². The van der Waals surface area contributed by atoms with Crippen molar-refractivity contribution in [1.82, 2.24) is 10.3 Å². The number of urea groups is 1. The number of anilines is 1. The van der Waals surface area contributed by atoms with Crippen molar-refractivity contribution in [2.75, 3.05) is 5.32 Å². The topological polar surface area (TPSA) is 54.0 Å². The summed E-state index contributed by atoms with van der Waals surface area (Å²) in [6.45, 7) is 1.89. The molecule has 3 aromatic rings. The van der Waals surface area contributed by atoms with Gasteiger partial charge in [0.05, 0.1) is 11.2 Å². The number of alkyl halides is 3. The fourth-order valence-corrected chi connectivity index (χ4v) is 4.87. The van der Waals surface area contributed by atoms with Gasteiger partial charge in [0.15, 0.2) is 0 Å². The van der Waals surface area contributed by atoms with Gasteiger partial charge in [-0.3, -0.25) is 4.98 Å². The normalized spacial score (nSPS) is 17.1. The highest BCUT2D eigenvalue weighted by atomic mass is 79.9. The molecule has 4 rings (SSSR count). The molecule has 2 aromatic carbocycles. The van der Waals surface area contributed by atoms with Gasteiger partial charge in [-0.25, -0.2) is 4.79 Å². The van der Waals surface area contributed by atoms with Crippen LogP contribution in [0.2, 0.25) is 0 Å². The van der Waals surface area contributed by atoms with Crippen LogP contribution in [0, 0.1) is 12.8 Å². The van der Waals surface area contributed by atoms with Gasteiger partial charge in [0.2, 0.25) is 0 Å². The number of nitrogens with one attached hydrogen (secondary N) is 2. The van der Waals surface area contributed by atoms with E-state index in [1.165, 1.54) is 6.08 Å². The van der Waals surface area contributed by atoms with E-state index in [9.17, 15) is 18.0 Å². The molecule has 1 aliphatic rings. The third-order valence-corrected chi connectivity index (χ3v) is 6.69. The molecule has 2 unspecified atom stereocenters. The summed E-state index contributed by atoms with van der Waals surface area (Å²) in [5, 5.41) is 5.88. The molecule has 0 saturated heterocycles. The van der Waals surface area contributed by atoms with Crippen molar-refractivity contribution < 1.29 is 18.0 Å². The standard InChI is InChI=1S/C28H25BrF3N3O/c1-19-13-14-33-25(15-19)27(18-20-7-3-2-4-8-20,21-9-5-10-22(16-21)28(30,31)32)35-26(36)34-24-12-6-11-23(29)17-24/h2-15,17,21H,16,18H2,1H3,(H2,34,35,36). The van der Waals surface area contributed by atoms with E-state index in [0.717, 1.165) is 21.7 Å². The molecule has 2 atom stereocenters. The predicted molar refractivity (Wildman–Crippen MR) is 138 cm³/mol. The molecular formula is C28H25BrF3N3O. The molecule has 4 nitrogen and oxygen atoms in total. The van der Waals surface area contributed by atoms with Crippen molar-refractivity contribution in [3.8, 4) is 0 Å². The smallest absolute Gasteiger partial charge is 0.326 e. The Morgan fingerprint density at radius 2 is 1.86 bits per heavy atom.